The number of hydrogen-bond donors (Lipinski definition) is 2. The third kappa shape index (κ3) is 5.06. The van der Waals surface area contributed by atoms with E-state index in [9.17, 15) is 14.4 Å². The Morgan fingerprint density at radius 2 is 1.67 bits per heavy atom. The van der Waals surface area contributed by atoms with E-state index in [0.29, 0.717) is 10.8 Å². The fourth-order valence-electron chi connectivity index (χ4n) is 2.62. The van der Waals surface area contributed by atoms with Crippen molar-refractivity contribution in [3.63, 3.8) is 0 Å². The number of benzene rings is 2. The lowest BCUT2D eigenvalue weighted by Crippen LogP contribution is -2.41. The van der Waals surface area contributed by atoms with Crippen molar-refractivity contribution >= 4 is 35.4 Å². The van der Waals surface area contributed by atoms with Crippen LogP contribution in [0.25, 0.3) is 5.69 Å². The third-order valence-electron chi connectivity index (χ3n) is 4.06. The van der Waals surface area contributed by atoms with Gasteiger partial charge in [0.2, 0.25) is 0 Å². The minimum Gasteiger partial charge on any atom is -0.448 e. The van der Waals surface area contributed by atoms with Gasteiger partial charge in [0.05, 0.1) is 6.20 Å². The number of nitrogens with one attached hydrogen (secondary N) is 2. The van der Waals surface area contributed by atoms with Gasteiger partial charge in [-0.25, -0.2) is 14.6 Å². The molecule has 1 aromatic heterocycles. The number of hydrogen-bond acceptors (Lipinski definition) is 6. The zero-order valence-corrected chi connectivity index (χ0v) is 17.2. The number of thioether (sulfide) groups is 1. The normalized spacial score (nSPS) is 11.4. The number of anilines is 1. The molecule has 0 fully saturated rings. The maximum atomic E-state index is 12.7. The number of nitrogens with zero attached hydrogens (tertiary/aromatic N) is 2. The number of aromatic nitrogens is 2. The van der Waals surface area contributed by atoms with Crippen LogP contribution in [-0.2, 0) is 9.53 Å². The van der Waals surface area contributed by atoms with Crippen molar-refractivity contribution in [2.45, 2.75) is 18.2 Å². The van der Waals surface area contributed by atoms with Gasteiger partial charge in [0.15, 0.2) is 17.0 Å². The molecule has 154 valence electrons. The summed E-state index contributed by atoms with van der Waals surface area (Å²) in [6.45, 7) is 1.39. The summed E-state index contributed by atoms with van der Waals surface area (Å²) in [5.41, 5.74) is 1.45. The number of para-hydroxylation sites is 2. The average Bonchev–Trinajstić information content (AvgIpc) is 3.19. The molecule has 3 rings (SSSR count). The van der Waals surface area contributed by atoms with Crippen molar-refractivity contribution in [3.8, 4) is 5.69 Å². The van der Waals surface area contributed by atoms with E-state index in [0.717, 1.165) is 5.69 Å². The molecule has 0 spiro atoms. The highest BCUT2D eigenvalue weighted by Gasteiger charge is 2.24. The third-order valence-corrected chi connectivity index (χ3v) is 4.71. The van der Waals surface area contributed by atoms with Crippen molar-refractivity contribution in [1.29, 1.82) is 0 Å². The van der Waals surface area contributed by atoms with E-state index >= 15 is 0 Å². The van der Waals surface area contributed by atoms with Crippen LogP contribution in [0.2, 0.25) is 0 Å². The highest BCUT2D eigenvalue weighted by atomic mass is 32.2. The monoisotopic (exact) mass is 424 g/mol. The van der Waals surface area contributed by atoms with Gasteiger partial charge in [0, 0.05) is 11.4 Å². The Morgan fingerprint density at radius 1 is 1.03 bits per heavy atom. The number of esters is 1. The van der Waals surface area contributed by atoms with E-state index in [1.165, 1.54) is 24.9 Å². The minimum absolute atomic E-state index is 0.180. The van der Waals surface area contributed by atoms with Crippen LogP contribution in [-0.4, -0.2) is 39.8 Å². The Balaban J connectivity index is 1.66. The molecule has 2 aromatic carbocycles. The van der Waals surface area contributed by atoms with Gasteiger partial charge in [-0.2, -0.15) is 0 Å². The number of carbonyl (C=O) groups excluding carboxylic acids is 3. The first-order valence-corrected chi connectivity index (χ1v) is 10.3. The molecule has 3 amide bonds. The van der Waals surface area contributed by atoms with Crippen LogP contribution in [0, 0.1) is 0 Å². The number of urea groups is 1. The summed E-state index contributed by atoms with van der Waals surface area (Å²) in [7, 11) is 0. The zero-order valence-electron chi connectivity index (χ0n) is 16.4. The van der Waals surface area contributed by atoms with Crippen LogP contribution < -0.4 is 10.6 Å². The van der Waals surface area contributed by atoms with Crippen molar-refractivity contribution < 1.29 is 19.1 Å². The van der Waals surface area contributed by atoms with Crippen LogP contribution in [0.15, 0.2) is 72.0 Å². The summed E-state index contributed by atoms with van der Waals surface area (Å²) in [5.74, 6) is -1.47. The van der Waals surface area contributed by atoms with Gasteiger partial charge < -0.3 is 10.1 Å². The Morgan fingerprint density at radius 3 is 2.30 bits per heavy atom. The maximum Gasteiger partial charge on any atom is 0.357 e. The zero-order chi connectivity index (χ0) is 21.5. The smallest absolute Gasteiger partial charge is 0.357 e. The fraction of sp³-hybridized carbons (Fsp3) is 0.143. The molecule has 30 heavy (non-hydrogen) atoms. The van der Waals surface area contributed by atoms with E-state index in [1.807, 2.05) is 36.6 Å². The summed E-state index contributed by atoms with van der Waals surface area (Å²) in [5, 5.41) is 5.29. The largest absolute Gasteiger partial charge is 0.448 e. The summed E-state index contributed by atoms with van der Waals surface area (Å²) < 4.78 is 6.92. The molecule has 8 nitrogen and oxygen atoms in total. The number of imide groups is 1. The summed E-state index contributed by atoms with van der Waals surface area (Å²) >= 11 is 1.37. The molecule has 9 heteroatoms. The molecule has 2 N–H and O–H groups in total. The first-order valence-electron chi connectivity index (χ1n) is 9.04. The van der Waals surface area contributed by atoms with Crippen molar-refractivity contribution in [1.82, 2.24) is 14.9 Å². The van der Waals surface area contributed by atoms with Crippen LogP contribution in [0.1, 0.15) is 17.4 Å². The summed E-state index contributed by atoms with van der Waals surface area (Å²) in [4.78, 5) is 41.1. The fourth-order valence-corrected chi connectivity index (χ4v) is 3.17. The molecule has 3 aromatic rings. The maximum absolute atomic E-state index is 12.7. The molecule has 0 aliphatic rings. The second-order valence-electron chi connectivity index (χ2n) is 6.16. The molecule has 0 bridgehead atoms. The van der Waals surface area contributed by atoms with E-state index in [1.54, 1.807) is 34.9 Å². The first kappa shape index (κ1) is 21.1. The number of imidazole rings is 1. The van der Waals surface area contributed by atoms with Crippen LogP contribution >= 0.6 is 11.8 Å². The number of amides is 3. The highest BCUT2D eigenvalue weighted by molar-refractivity contribution is 7.98. The van der Waals surface area contributed by atoms with E-state index in [2.05, 4.69) is 15.6 Å². The van der Waals surface area contributed by atoms with Gasteiger partial charge in [0.1, 0.15) is 0 Å². The first-order chi connectivity index (χ1) is 14.5. The quantitative estimate of drug-likeness (QED) is 0.464. The van der Waals surface area contributed by atoms with Gasteiger partial charge in [-0.05, 0) is 37.4 Å². The molecule has 0 aliphatic heterocycles. The highest BCUT2D eigenvalue weighted by Crippen LogP contribution is 2.22. The van der Waals surface area contributed by atoms with Gasteiger partial charge in [-0.15, -0.1) is 0 Å². The molecule has 0 saturated carbocycles. The standard InChI is InChI=1S/C21H20N4O4S/c1-14(18(26)24-20(28)23-15-9-5-3-6-10-15)29-19(27)17-13-22-21(30-2)25(17)16-11-7-4-8-12-16/h3-14H,1-2H3,(H2,23,24,26,28). The molecule has 1 atom stereocenters. The summed E-state index contributed by atoms with van der Waals surface area (Å²) in [6.07, 6.45) is 2.06. The number of ether oxygens (including phenoxy) is 1. The van der Waals surface area contributed by atoms with Crippen LogP contribution in [0.3, 0.4) is 0 Å². The van der Waals surface area contributed by atoms with E-state index < -0.39 is 24.0 Å². The number of rotatable bonds is 6. The SMILES string of the molecule is CSc1ncc(C(=O)OC(C)C(=O)NC(=O)Nc2ccccc2)n1-c1ccccc1. The Kier molecular flexibility index (Phi) is 6.87. The van der Waals surface area contributed by atoms with Crippen LogP contribution in [0.5, 0.6) is 0 Å². The van der Waals surface area contributed by atoms with Gasteiger partial charge in [0.25, 0.3) is 5.91 Å². The van der Waals surface area contributed by atoms with E-state index in [-0.39, 0.29) is 5.69 Å². The molecule has 0 aliphatic carbocycles. The van der Waals surface area contributed by atoms with Crippen LogP contribution in [0.4, 0.5) is 10.5 Å². The van der Waals surface area contributed by atoms with E-state index in [4.69, 9.17) is 4.74 Å². The molecular weight excluding hydrogens is 404 g/mol. The summed E-state index contributed by atoms with van der Waals surface area (Å²) in [6, 6.07) is 17.2. The topological polar surface area (TPSA) is 102 Å². The average molecular weight is 424 g/mol. The van der Waals surface area contributed by atoms with Gasteiger partial charge in [-0.3, -0.25) is 14.7 Å². The Labute approximate surface area is 177 Å². The second kappa shape index (κ2) is 9.75. The lowest BCUT2D eigenvalue weighted by atomic mass is 10.3. The van der Waals surface area contributed by atoms with Gasteiger partial charge in [-0.1, -0.05) is 48.2 Å². The predicted molar refractivity (Wildman–Crippen MR) is 114 cm³/mol. The predicted octanol–water partition coefficient (Wildman–Crippen LogP) is 3.49. The van der Waals surface area contributed by atoms with Crippen molar-refractivity contribution in [2.75, 3.05) is 11.6 Å². The lowest BCUT2D eigenvalue weighted by Gasteiger charge is -2.15. The molecule has 0 saturated heterocycles. The molecular formula is C21H20N4O4S. The molecule has 1 unspecified atom stereocenters. The lowest BCUT2D eigenvalue weighted by molar-refractivity contribution is -0.127. The second-order valence-corrected chi connectivity index (χ2v) is 6.93. The molecule has 1 heterocycles. The Bertz CT molecular complexity index is 1040. The van der Waals surface area contributed by atoms with Crippen molar-refractivity contribution in [3.05, 3.63) is 72.6 Å². The molecule has 0 radical (unpaired) electrons. The minimum atomic E-state index is -1.18. The van der Waals surface area contributed by atoms with Crippen molar-refractivity contribution in [2.24, 2.45) is 0 Å². The van der Waals surface area contributed by atoms with Gasteiger partial charge >= 0.3 is 12.0 Å². The Hall–Kier alpha value is -3.59. The number of carbonyl (C=O) groups is 3.